The van der Waals surface area contributed by atoms with Crippen LogP contribution in [0.5, 0.6) is 0 Å². The molecule has 3 heteroatoms. The lowest BCUT2D eigenvalue weighted by molar-refractivity contribution is -0.126. The van der Waals surface area contributed by atoms with E-state index < -0.39 is 0 Å². The summed E-state index contributed by atoms with van der Waals surface area (Å²) in [4.78, 5) is 11.1. The predicted octanol–water partition coefficient (Wildman–Crippen LogP) is 0.732. The third kappa shape index (κ3) is 3.04. The van der Waals surface area contributed by atoms with E-state index in [2.05, 4.69) is 11.8 Å². The third-order valence-corrected chi connectivity index (χ3v) is 1.55. The highest BCUT2D eigenvalue weighted by atomic mass is 16.7. The molecular formula is C9H12O3. The Bertz CT molecular complexity index is 206. The summed E-state index contributed by atoms with van der Waals surface area (Å²) >= 11 is 0. The molecule has 1 heterocycles. The number of Topliss-reactive ketones (excluding diaryl/α,β-unsaturated/α-hetero) is 1. The molecule has 0 saturated carbocycles. The zero-order chi connectivity index (χ0) is 8.81. The largest absolute Gasteiger partial charge is 0.350 e. The molecule has 0 radical (unpaired) electrons. The molecule has 1 aliphatic heterocycles. The van der Waals surface area contributed by atoms with Crippen LogP contribution in [0.3, 0.4) is 0 Å². The fraction of sp³-hybridized carbons (Fsp3) is 0.667. The number of ketones is 1. The average Bonchev–Trinajstić information content (AvgIpc) is 2.53. The average molecular weight is 168 g/mol. The van der Waals surface area contributed by atoms with Crippen LogP contribution in [0, 0.1) is 11.8 Å². The number of rotatable bonds is 3. The maximum Gasteiger partial charge on any atom is 0.164 e. The zero-order valence-corrected chi connectivity index (χ0v) is 7.13. The molecule has 1 rings (SSSR count). The molecule has 0 aromatic rings. The summed E-state index contributed by atoms with van der Waals surface area (Å²) in [6.45, 7) is 2.91. The Kier molecular flexibility index (Phi) is 3.78. The van der Waals surface area contributed by atoms with Crippen LogP contribution < -0.4 is 0 Å². The summed E-state index contributed by atoms with van der Waals surface area (Å²) in [5, 5.41) is 0. The van der Waals surface area contributed by atoms with Crippen LogP contribution >= 0.6 is 0 Å². The van der Waals surface area contributed by atoms with Crippen LogP contribution in [0.2, 0.25) is 0 Å². The van der Waals surface area contributed by atoms with Crippen molar-refractivity contribution in [3.63, 3.8) is 0 Å². The molecule has 0 N–H and O–H groups in total. The standard InChI is InChI=1S/C9H12O3/c1-2-3-4-8(10)7-9-11-5-6-12-9/h9H,4-7H2,1H3. The van der Waals surface area contributed by atoms with Crippen LogP contribution in [0.1, 0.15) is 19.8 Å². The number of carbonyl (C=O) groups excluding carboxylic acids is 1. The fourth-order valence-corrected chi connectivity index (χ4v) is 0.970. The van der Waals surface area contributed by atoms with Gasteiger partial charge in [0.25, 0.3) is 0 Å². The van der Waals surface area contributed by atoms with Crippen molar-refractivity contribution in [2.75, 3.05) is 13.2 Å². The van der Waals surface area contributed by atoms with E-state index in [0.717, 1.165) is 0 Å². The molecule has 1 saturated heterocycles. The lowest BCUT2D eigenvalue weighted by Gasteiger charge is -2.05. The molecule has 0 aromatic heterocycles. The van der Waals surface area contributed by atoms with Crippen LogP contribution in [0.4, 0.5) is 0 Å². The Morgan fingerprint density at radius 1 is 1.50 bits per heavy atom. The van der Waals surface area contributed by atoms with Crippen LogP contribution in [-0.2, 0) is 14.3 Å². The van der Waals surface area contributed by atoms with Gasteiger partial charge in [-0.05, 0) is 6.92 Å². The van der Waals surface area contributed by atoms with Crippen molar-refractivity contribution in [3.05, 3.63) is 0 Å². The molecule has 0 aliphatic carbocycles. The van der Waals surface area contributed by atoms with E-state index in [9.17, 15) is 4.79 Å². The number of carbonyl (C=O) groups is 1. The third-order valence-electron chi connectivity index (χ3n) is 1.55. The molecule has 1 fully saturated rings. The van der Waals surface area contributed by atoms with Crippen molar-refractivity contribution in [1.29, 1.82) is 0 Å². The van der Waals surface area contributed by atoms with E-state index in [0.29, 0.717) is 26.1 Å². The number of hydrogen-bond acceptors (Lipinski definition) is 3. The highest BCUT2D eigenvalue weighted by Gasteiger charge is 2.18. The first-order chi connectivity index (χ1) is 5.83. The van der Waals surface area contributed by atoms with Crippen molar-refractivity contribution < 1.29 is 14.3 Å². The van der Waals surface area contributed by atoms with E-state index in [4.69, 9.17) is 9.47 Å². The first-order valence-corrected chi connectivity index (χ1v) is 3.97. The summed E-state index contributed by atoms with van der Waals surface area (Å²) in [5.74, 6) is 5.46. The van der Waals surface area contributed by atoms with Crippen molar-refractivity contribution >= 4 is 5.78 Å². The summed E-state index contributed by atoms with van der Waals surface area (Å²) in [6.07, 6.45) is 0.310. The van der Waals surface area contributed by atoms with Crippen LogP contribution in [-0.4, -0.2) is 25.3 Å². The first-order valence-electron chi connectivity index (χ1n) is 3.97. The smallest absolute Gasteiger partial charge is 0.164 e. The zero-order valence-electron chi connectivity index (χ0n) is 7.13. The Morgan fingerprint density at radius 2 is 2.17 bits per heavy atom. The van der Waals surface area contributed by atoms with E-state index in [-0.39, 0.29) is 12.1 Å². The fourth-order valence-electron chi connectivity index (χ4n) is 0.970. The second kappa shape index (κ2) is 4.91. The van der Waals surface area contributed by atoms with Gasteiger partial charge in [-0.2, -0.15) is 0 Å². The Hall–Kier alpha value is -0.850. The number of hydrogen-bond donors (Lipinski definition) is 0. The van der Waals surface area contributed by atoms with E-state index in [1.54, 1.807) is 6.92 Å². The lowest BCUT2D eigenvalue weighted by Crippen LogP contribution is -2.13. The van der Waals surface area contributed by atoms with Gasteiger partial charge in [-0.1, -0.05) is 5.92 Å². The van der Waals surface area contributed by atoms with Gasteiger partial charge in [0.15, 0.2) is 6.29 Å². The molecule has 1 aliphatic rings. The summed E-state index contributed by atoms with van der Waals surface area (Å²) in [6, 6.07) is 0. The molecule has 0 spiro atoms. The predicted molar refractivity (Wildman–Crippen MR) is 43.4 cm³/mol. The second-order valence-corrected chi connectivity index (χ2v) is 2.52. The maximum atomic E-state index is 11.1. The molecule has 0 aromatic carbocycles. The van der Waals surface area contributed by atoms with Gasteiger partial charge in [0.2, 0.25) is 0 Å². The molecule has 66 valence electrons. The minimum absolute atomic E-state index is 0.0799. The monoisotopic (exact) mass is 168 g/mol. The Balaban J connectivity index is 2.19. The normalized spacial score (nSPS) is 17.1. The molecule has 3 nitrogen and oxygen atoms in total. The van der Waals surface area contributed by atoms with Gasteiger partial charge < -0.3 is 9.47 Å². The maximum absolute atomic E-state index is 11.1. The van der Waals surface area contributed by atoms with Gasteiger partial charge in [-0.15, -0.1) is 5.92 Å². The second-order valence-electron chi connectivity index (χ2n) is 2.52. The van der Waals surface area contributed by atoms with Gasteiger partial charge in [-0.25, -0.2) is 0 Å². The van der Waals surface area contributed by atoms with Gasteiger partial charge >= 0.3 is 0 Å². The van der Waals surface area contributed by atoms with Crippen molar-refractivity contribution in [3.8, 4) is 11.8 Å². The van der Waals surface area contributed by atoms with E-state index in [1.165, 1.54) is 0 Å². The van der Waals surface area contributed by atoms with E-state index in [1.807, 2.05) is 0 Å². The van der Waals surface area contributed by atoms with Crippen molar-refractivity contribution in [2.45, 2.75) is 26.1 Å². The topological polar surface area (TPSA) is 35.5 Å². The molecule has 0 atom stereocenters. The van der Waals surface area contributed by atoms with Gasteiger partial charge in [-0.3, -0.25) is 4.79 Å². The number of ether oxygens (including phenoxy) is 2. The van der Waals surface area contributed by atoms with E-state index >= 15 is 0 Å². The molecule has 12 heavy (non-hydrogen) atoms. The van der Waals surface area contributed by atoms with Gasteiger partial charge in [0.1, 0.15) is 5.78 Å². The highest BCUT2D eigenvalue weighted by Crippen LogP contribution is 2.08. The summed E-state index contributed by atoms with van der Waals surface area (Å²) < 4.78 is 10.2. The quantitative estimate of drug-likeness (QED) is 0.583. The molecule has 0 unspecified atom stereocenters. The lowest BCUT2D eigenvalue weighted by atomic mass is 10.2. The van der Waals surface area contributed by atoms with Crippen molar-refractivity contribution in [2.24, 2.45) is 0 Å². The van der Waals surface area contributed by atoms with Gasteiger partial charge in [0.05, 0.1) is 26.1 Å². The summed E-state index contributed by atoms with van der Waals surface area (Å²) in [5.41, 5.74) is 0. The minimum atomic E-state index is -0.323. The van der Waals surface area contributed by atoms with Crippen molar-refractivity contribution in [1.82, 2.24) is 0 Å². The molecule has 0 amide bonds. The van der Waals surface area contributed by atoms with Crippen LogP contribution in [0.15, 0.2) is 0 Å². The SMILES string of the molecule is CC#CCC(=O)CC1OCCO1. The Labute approximate surface area is 72.0 Å². The summed E-state index contributed by atoms with van der Waals surface area (Å²) in [7, 11) is 0. The minimum Gasteiger partial charge on any atom is -0.350 e. The van der Waals surface area contributed by atoms with Gasteiger partial charge in [0, 0.05) is 0 Å². The first kappa shape index (κ1) is 9.24. The van der Waals surface area contributed by atoms with Crippen LogP contribution in [0.25, 0.3) is 0 Å². The molecular weight excluding hydrogens is 156 g/mol. The Morgan fingerprint density at radius 3 is 2.75 bits per heavy atom. The highest BCUT2D eigenvalue weighted by molar-refractivity contribution is 5.81. The molecule has 0 bridgehead atoms.